The summed E-state index contributed by atoms with van der Waals surface area (Å²) in [6.07, 6.45) is 3.90. The van der Waals surface area contributed by atoms with Crippen molar-refractivity contribution in [2.75, 3.05) is 11.9 Å². The van der Waals surface area contributed by atoms with E-state index < -0.39 is 6.04 Å². The van der Waals surface area contributed by atoms with Crippen molar-refractivity contribution in [3.63, 3.8) is 0 Å². The number of carbonyl (C=O) groups is 1. The standard InChI is InChI=1S/C11H20N6O/c1-8(12)14-6-3-2-4-9(13)11(18)16-10-5-7-15-17-10/h5,7,9H,2-4,6,13H2,1H3,(H2,12,14)(H2,15,16,17,18). The highest BCUT2D eigenvalue weighted by molar-refractivity contribution is 5.93. The Hall–Kier alpha value is -1.89. The smallest absolute Gasteiger partial charge is 0.242 e. The Balaban J connectivity index is 2.18. The molecule has 0 aliphatic heterocycles. The summed E-state index contributed by atoms with van der Waals surface area (Å²) in [5, 5.41) is 9.02. The maximum absolute atomic E-state index is 11.7. The molecule has 100 valence electrons. The molecule has 0 aromatic carbocycles. The highest BCUT2D eigenvalue weighted by Gasteiger charge is 2.13. The van der Waals surface area contributed by atoms with Gasteiger partial charge in [-0.2, -0.15) is 5.10 Å². The SMILES string of the molecule is CC(N)=NCCCCC(N)C(=O)Nc1ccn[nH]1. The third kappa shape index (κ3) is 5.44. The maximum atomic E-state index is 11.7. The van der Waals surface area contributed by atoms with Crippen LogP contribution in [0.1, 0.15) is 26.2 Å². The zero-order valence-corrected chi connectivity index (χ0v) is 10.5. The van der Waals surface area contributed by atoms with E-state index in [4.69, 9.17) is 11.5 Å². The van der Waals surface area contributed by atoms with Crippen LogP contribution in [-0.2, 0) is 4.79 Å². The number of rotatable bonds is 7. The lowest BCUT2D eigenvalue weighted by Gasteiger charge is -2.10. The molecule has 1 amide bonds. The fraction of sp³-hybridized carbons (Fsp3) is 0.545. The average molecular weight is 252 g/mol. The second kappa shape index (κ2) is 7.44. The monoisotopic (exact) mass is 252 g/mol. The Labute approximate surface area is 106 Å². The van der Waals surface area contributed by atoms with Gasteiger partial charge in [0.1, 0.15) is 5.82 Å². The van der Waals surface area contributed by atoms with Gasteiger partial charge in [0.25, 0.3) is 0 Å². The van der Waals surface area contributed by atoms with E-state index in [9.17, 15) is 4.79 Å². The lowest BCUT2D eigenvalue weighted by molar-refractivity contribution is -0.117. The first kappa shape index (κ1) is 14.2. The van der Waals surface area contributed by atoms with E-state index in [0.29, 0.717) is 24.6 Å². The van der Waals surface area contributed by atoms with Crippen molar-refractivity contribution < 1.29 is 4.79 Å². The normalized spacial score (nSPS) is 13.3. The van der Waals surface area contributed by atoms with Crippen LogP contribution in [0.5, 0.6) is 0 Å². The van der Waals surface area contributed by atoms with Crippen molar-refractivity contribution in [1.82, 2.24) is 10.2 Å². The van der Waals surface area contributed by atoms with Crippen LogP contribution in [0.2, 0.25) is 0 Å². The van der Waals surface area contributed by atoms with Crippen LogP contribution in [-0.4, -0.2) is 34.5 Å². The number of hydrogen-bond acceptors (Lipinski definition) is 4. The molecule has 0 saturated carbocycles. The summed E-state index contributed by atoms with van der Waals surface area (Å²) >= 11 is 0. The zero-order valence-electron chi connectivity index (χ0n) is 10.5. The summed E-state index contributed by atoms with van der Waals surface area (Å²) in [6, 6.07) is 1.15. The number of unbranched alkanes of at least 4 members (excludes halogenated alkanes) is 1. The number of amides is 1. The molecule has 6 N–H and O–H groups in total. The van der Waals surface area contributed by atoms with Crippen molar-refractivity contribution in [1.29, 1.82) is 0 Å². The van der Waals surface area contributed by atoms with Gasteiger partial charge in [-0.15, -0.1) is 0 Å². The minimum atomic E-state index is -0.517. The quantitative estimate of drug-likeness (QED) is 0.315. The third-order valence-electron chi connectivity index (χ3n) is 2.38. The number of aliphatic imine (C=N–C) groups is 1. The first-order chi connectivity index (χ1) is 8.59. The van der Waals surface area contributed by atoms with Gasteiger partial charge >= 0.3 is 0 Å². The molecule has 0 spiro atoms. The van der Waals surface area contributed by atoms with E-state index in [1.54, 1.807) is 19.2 Å². The van der Waals surface area contributed by atoms with Gasteiger partial charge in [0.15, 0.2) is 0 Å². The van der Waals surface area contributed by atoms with E-state index in [1.807, 2.05) is 0 Å². The van der Waals surface area contributed by atoms with E-state index in [-0.39, 0.29) is 5.91 Å². The molecule has 1 atom stereocenters. The largest absolute Gasteiger partial charge is 0.388 e. The maximum Gasteiger partial charge on any atom is 0.242 e. The first-order valence-electron chi connectivity index (χ1n) is 5.92. The summed E-state index contributed by atoms with van der Waals surface area (Å²) < 4.78 is 0. The molecule has 1 unspecified atom stereocenters. The lowest BCUT2D eigenvalue weighted by atomic mass is 10.1. The average Bonchev–Trinajstić information content (AvgIpc) is 2.80. The number of aromatic amines is 1. The summed E-state index contributed by atoms with van der Waals surface area (Å²) in [5.74, 6) is 0.924. The van der Waals surface area contributed by atoms with E-state index >= 15 is 0 Å². The topological polar surface area (TPSA) is 122 Å². The first-order valence-corrected chi connectivity index (χ1v) is 5.92. The number of anilines is 1. The molecule has 0 aliphatic carbocycles. The molecular weight excluding hydrogens is 232 g/mol. The fourth-order valence-corrected chi connectivity index (χ4v) is 1.41. The lowest BCUT2D eigenvalue weighted by Crippen LogP contribution is -2.35. The summed E-state index contributed by atoms with van der Waals surface area (Å²) in [5.41, 5.74) is 11.2. The van der Waals surface area contributed by atoms with Gasteiger partial charge in [0.05, 0.1) is 18.1 Å². The van der Waals surface area contributed by atoms with Gasteiger partial charge in [0, 0.05) is 12.6 Å². The minimum Gasteiger partial charge on any atom is -0.388 e. The van der Waals surface area contributed by atoms with E-state index in [2.05, 4.69) is 20.5 Å². The van der Waals surface area contributed by atoms with E-state index in [0.717, 1.165) is 12.8 Å². The Morgan fingerprint density at radius 1 is 1.61 bits per heavy atom. The molecule has 1 rings (SSSR count). The van der Waals surface area contributed by atoms with Crippen molar-refractivity contribution in [3.8, 4) is 0 Å². The molecule has 1 heterocycles. The number of nitrogens with one attached hydrogen (secondary N) is 2. The molecular formula is C11H20N6O. The predicted molar refractivity (Wildman–Crippen MR) is 71.2 cm³/mol. The molecule has 18 heavy (non-hydrogen) atoms. The molecule has 0 radical (unpaired) electrons. The Morgan fingerprint density at radius 3 is 3.00 bits per heavy atom. The van der Waals surface area contributed by atoms with Gasteiger partial charge in [-0.3, -0.25) is 14.9 Å². The van der Waals surface area contributed by atoms with Crippen LogP contribution in [0.3, 0.4) is 0 Å². The van der Waals surface area contributed by atoms with Crippen molar-refractivity contribution in [2.24, 2.45) is 16.5 Å². The molecule has 7 nitrogen and oxygen atoms in total. The van der Waals surface area contributed by atoms with Gasteiger partial charge in [-0.1, -0.05) is 0 Å². The molecule has 0 saturated heterocycles. The number of nitrogens with zero attached hydrogens (tertiary/aromatic N) is 2. The second-order valence-electron chi connectivity index (χ2n) is 4.08. The predicted octanol–water partition coefficient (Wildman–Crippen LogP) is 0.223. The number of carbonyl (C=O) groups excluding carboxylic acids is 1. The van der Waals surface area contributed by atoms with Gasteiger partial charge < -0.3 is 16.8 Å². The van der Waals surface area contributed by atoms with Gasteiger partial charge in [-0.05, 0) is 26.2 Å². The second-order valence-corrected chi connectivity index (χ2v) is 4.08. The Kier molecular flexibility index (Phi) is 5.86. The highest BCUT2D eigenvalue weighted by atomic mass is 16.2. The molecule has 0 bridgehead atoms. The zero-order chi connectivity index (χ0) is 13.4. The van der Waals surface area contributed by atoms with Crippen LogP contribution in [0.4, 0.5) is 5.82 Å². The fourth-order valence-electron chi connectivity index (χ4n) is 1.41. The van der Waals surface area contributed by atoms with Gasteiger partial charge in [0.2, 0.25) is 5.91 Å². The van der Waals surface area contributed by atoms with E-state index in [1.165, 1.54) is 0 Å². The van der Waals surface area contributed by atoms with Crippen LogP contribution >= 0.6 is 0 Å². The molecule has 1 aromatic rings. The number of hydrogen-bond donors (Lipinski definition) is 4. The Morgan fingerprint density at radius 2 is 2.39 bits per heavy atom. The third-order valence-corrected chi connectivity index (χ3v) is 2.38. The van der Waals surface area contributed by atoms with Crippen LogP contribution in [0.25, 0.3) is 0 Å². The molecule has 1 aromatic heterocycles. The summed E-state index contributed by atoms with van der Waals surface area (Å²) in [7, 11) is 0. The summed E-state index contributed by atoms with van der Waals surface area (Å²) in [6.45, 7) is 2.43. The Bertz CT molecular complexity index is 382. The van der Waals surface area contributed by atoms with Crippen LogP contribution in [0, 0.1) is 0 Å². The van der Waals surface area contributed by atoms with Crippen LogP contribution in [0.15, 0.2) is 17.3 Å². The van der Waals surface area contributed by atoms with Crippen molar-refractivity contribution >= 4 is 17.6 Å². The number of aromatic nitrogens is 2. The molecule has 0 fully saturated rings. The molecule has 0 aliphatic rings. The van der Waals surface area contributed by atoms with Crippen molar-refractivity contribution in [2.45, 2.75) is 32.2 Å². The number of nitrogens with two attached hydrogens (primary N) is 2. The van der Waals surface area contributed by atoms with Crippen molar-refractivity contribution in [3.05, 3.63) is 12.3 Å². The van der Waals surface area contributed by atoms with Gasteiger partial charge in [-0.25, -0.2) is 0 Å². The minimum absolute atomic E-state index is 0.210. The molecule has 7 heteroatoms. The number of H-pyrrole nitrogens is 1. The summed E-state index contributed by atoms with van der Waals surface area (Å²) in [4.78, 5) is 15.7. The highest BCUT2D eigenvalue weighted by Crippen LogP contribution is 2.04. The number of amidine groups is 1. The van der Waals surface area contributed by atoms with Crippen LogP contribution < -0.4 is 16.8 Å².